The van der Waals surface area contributed by atoms with Gasteiger partial charge in [0.25, 0.3) is 5.56 Å². The summed E-state index contributed by atoms with van der Waals surface area (Å²) in [5.74, 6) is 1.93. The molecule has 1 saturated heterocycles. The van der Waals surface area contributed by atoms with Crippen molar-refractivity contribution < 1.29 is 24.8 Å². The van der Waals surface area contributed by atoms with E-state index in [1.165, 1.54) is 0 Å². The lowest BCUT2D eigenvalue weighted by atomic mass is 10.1. The third-order valence-electron chi connectivity index (χ3n) is 3.04. The lowest BCUT2D eigenvalue weighted by Crippen LogP contribution is -2.38. The van der Waals surface area contributed by atoms with E-state index in [4.69, 9.17) is 21.0 Å². The highest BCUT2D eigenvalue weighted by atomic mass is 16.6. The number of H-pyrrole nitrogens is 1. The molecule has 4 atom stereocenters. The van der Waals surface area contributed by atoms with Crippen LogP contribution in [0.25, 0.3) is 0 Å². The highest BCUT2D eigenvalue weighted by molar-refractivity contribution is 5.14. The fourth-order valence-corrected chi connectivity index (χ4v) is 1.99. The number of aromatic nitrogens is 2. The van der Waals surface area contributed by atoms with Gasteiger partial charge in [-0.15, -0.1) is 6.42 Å². The van der Waals surface area contributed by atoms with Gasteiger partial charge in [0.15, 0.2) is 6.23 Å². The number of nitrogens with zero attached hydrogens (tertiary/aromatic N) is 1. The van der Waals surface area contributed by atoms with Crippen LogP contribution in [0.3, 0.4) is 0 Å². The summed E-state index contributed by atoms with van der Waals surface area (Å²) >= 11 is 0. The Hall–Kier alpha value is -2.12. The van der Waals surface area contributed by atoms with Crippen LogP contribution in [0.1, 0.15) is 6.23 Å². The Morgan fingerprint density at radius 1 is 1.43 bits per heavy atom. The molecule has 1 aliphatic rings. The molecule has 0 amide bonds. The average molecular weight is 298 g/mol. The molecule has 2 heterocycles. The van der Waals surface area contributed by atoms with Gasteiger partial charge in [-0.25, -0.2) is 4.79 Å². The minimum Gasteiger partial charge on any atom is -0.474 e. The summed E-state index contributed by atoms with van der Waals surface area (Å²) in [5.41, 5.74) is -1.64. The van der Waals surface area contributed by atoms with E-state index in [0.29, 0.717) is 0 Å². The monoisotopic (exact) mass is 298 g/mol. The molecule has 1 aromatic heterocycles. The van der Waals surface area contributed by atoms with Gasteiger partial charge < -0.3 is 24.8 Å². The third kappa shape index (κ3) is 2.84. The largest absolute Gasteiger partial charge is 0.474 e. The smallest absolute Gasteiger partial charge is 0.330 e. The third-order valence-corrected chi connectivity index (χ3v) is 3.04. The molecule has 0 aromatic carbocycles. The van der Waals surface area contributed by atoms with Gasteiger partial charge in [0.05, 0.1) is 12.8 Å². The predicted molar refractivity (Wildman–Crippen MR) is 68.7 cm³/mol. The highest BCUT2D eigenvalue weighted by Gasteiger charge is 2.43. The van der Waals surface area contributed by atoms with Crippen molar-refractivity contribution in [3.8, 4) is 18.1 Å². The lowest BCUT2D eigenvalue weighted by molar-refractivity contribution is -0.0552. The van der Waals surface area contributed by atoms with Crippen molar-refractivity contribution in [1.29, 1.82) is 0 Å². The van der Waals surface area contributed by atoms with Crippen LogP contribution >= 0.6 is 0 Å². The zero-order valence-corrected chi connectivity index (χ0v) is 10.8. The molecule has 0 bridgehead atoms. The van der Waals surface area contributed by atoms with E-state index in [0.717, 1.165) is 10.8 Å². The number of aromatic amines is 1. The van der Waals surface area contributed by atoms with Crippen LogP contribution in [0.15, 0.2) is 15.8 Å². The Kier molecular flexibility index (Phi) is 4.44. The summed E-state index contributed by atoms with van der Waals surface area (Å²) in [6.45, 7) is -0.718. The maximum atomic E-state index is 11.8. The van der Waals surface area contributed by atoms with Crippen molar-refractivity contribution in [2.45, 2.75) is 24.5 Å². The topological polar surface area (TPSA) is 134 Å². The van der Waals surface area contributed by atoms with E-state index in [2.05, 4.69) is 5.92 Å². The first kappa shape index (κ1) is 15.3. The molecule has 1 aromatic rings. The highest BCUT2D eigenvalue weighted by Crippen LogP contribution is 2.28. The van der Waals surface area contributed by atoms with E-state index in [9.17, 15) is 19.8 Å². The number of nitrogens with one attached hydrogen (secondary N) is 1. The van der Waals surface area contributed by atoms with E-state index in [1.54, 1.807) is 0 Å². The summed E-state index contributed by atoms with van der Waals surface area (Å²) in [5, 5.41) is 28.5. The van der Waals surface area contributed by atoms with Crippen LogP contribution in [0.2, 0.25) is 0 Å². The molecule has 0 spiro atoms. The fourth-order valence-electron chi connectivity index (χ4n) is 1.99. The molecule has 0 saturated carbocycles. The Balaban J connectivity index is 2.38. The van der Waals surface area contributed by atoms with Crippen molar-refractivity contribution in [1.82, 2.24) is 9.55 Å². The summed E-state index contributed by atoms with van der Waals surface area (Å²) in [4.78, 5) is 25.3. The number of rotatable bonds is 4. The van der Waals surface area contributed by atoms with Gasteiger partial charge in [-0.3, -0.25) is 14.3 Å². The standard InChI is InChI=1S/C12H14N2O7/c1-2-3-20-6-4-14(12(19)13-10(6)18)11-9(17)8(16)7(5-15)21-11/h1,4,7-9,11,15-17H,3,5H2,(H,13,18,19). The number of hydrogen-bond acceptors (Lipinski definition) is 7. The SMILES string of the molecule is C#CCOc1cn(C2OC(CO)C(O)C2O)c(=O)[nH]c1=O. The Morgan fingerprint density at radius 3 is 2.71 bits per heavy atom. The van der Waals surface area contributed by atoms with Crippen molar-refractivity contribution in [3.63, 3.8) is 0 Å². The molecular weight excluding hydrogens is 284 g/mol. The number of aliphatic hydroxyl groups excluding tert-OH is 3. The van der Waals surface area contributed by atoms with Crippen LogP contribution in [0.4, 0.5) is 0 Å². The van der Waals surface area contributed by atoms with Gasteiger partial charge in [-0.1, -0.05) is 5.92 Å². The van der Waals surface area contributed by atoms with Crippen molar-refractivity contribution >= 4 is 0 Å². The predicted octanol–water partition coefficient (Wildman–Crippen LogP) is -2.84. The van der Waals surface area contributed by atoms with Crippen molar-refractivity contribution in [3.05, 3.63) is 27.0 Å². The van der Waals surface area contributed by atoms with E-state index >= 15 is 0 Å². The molecule has 9 heteroatoms. The molecule has 114 valence electrons. The number of aliphatic hydroxyl groups is 3. The summed E-state index contributed by atoms with van der Waals surface area (Å²) < 4.78 is 11.0. The maximum absolute atomic E-state index is 11.8. The van der Waals surface area contributed by atoms with Gasteiger partial charge in [-0.2, -0.15) is 0 Å². The first-order chi connectivity index (χ1) is 9.99. The van der Waals surface area contributed by atoms with Gasteiger partial charge in [-0.05, 0) is 0 Å². The van der Waals surface area contributed by atoms with Crippen LogP contribution in [0, 0.1) is 12.3 Å². The van der Waals surface area contributed by atoms with Gasteiger partial charge in [0.2, 0.25) is 5.75 Å². The van der Waals surface area contributed by atoms with Crippen LogP contribution in [-0.2, 0) is 4.74 Å². The number of ether oxygens (including phenoxy) is 2. The number of terminal acetylenes is 1. The Labute approximate surface area is 118 Å². The Bertz CT molecular complexity index is 659. The molecule has 1 aliphatic heterocycles. The summed E-state index contributed by atoms with van der Waals surface area (Å²) in [6, 6.07) is 0. The van der Waals surface area contributed by atoms with E-state index < -0.39 is 42.4 Å². The maximum Gasteiger partial charge on any atom is 0.330 e. The van der Waals surface area contributed by atoms with Crippen LogP contribution in [-0.4, -0.2) is 56.4 Å². The van der Waals surface area contributed by atoms with Crippen LogP contribution < -0.4 is 16.0 Å². The quantitative estimate of drug-likeness (QED) is 0.440. The summed E-state index contributed by atoms with van der Waals surface area (Å²) in [7, 11) is 0. The van der Waals surface area contributed by atoms with Crippen molar-refractivity contribution in [2.75, 3.05) is 13.2 Å². The second-order valence-electron chi connectivity index (χ2n) is 4.38. The first-order valence-electron chi connectivity index (χ1n) is 6.03. The number of hydrogen-bond donors (Lipinski definition) is 4. The molecule has 0 aliphatic carbocycles. The van der Waals surface area contributed by atoms with Gasteiger partial charge >= 0.3 is 5.69 Å². The normalized spacial score (nSPS) is 28.3. The van der Waals surface area contributed by atoms with Crippen LogP contribution in [0.5, 0.6) is 5.75 Å². The van der Waals surface area contributed by atoms with E-state index in [1.807, 2.05) is 4.98 Å². The van der Waals surface area contributed by atoms with Gasteiger partial charge in [0, 0.05) is 0 Å². The minimum absolute atomic E-state index is 0.183. The second kappa shape index (κ2) is 6.11. The first-order valence-corrected chi connectivity index (χ1v) is 6.03. The van der Waals surface area contributed by atoms with Gasteiger partial charge in [0.1, 0.15) is 24.9 Å². The van der Waals surface area contributed by atoms with E-state index in [-0.39, 0.29) is 12.4 Å². The molecule has 21 heavy (non-hydrogen) atoms. The zero-order valence-electron chi connectivity index (χ0n) is 10.8. The average Bonchev–Trinajstić information content (AvgIpc) is 2.74. The molecule has 4 N–H and O–H groups in total. The molecule has 9 nitrogen and oxygen atoms in total. The van der Waals surface area contributed by atoms with Crippen molar-refractivity contribution in [2.24, 2.45) is 0 Å². The molecule has 0 radical (unpaired) electrons. The minimum atomic E-state index is -1.45. The molecule has 1 fully saturated rings. The fraction of sp³-hybridized carbons (Fsp3) is 0.500. The molecular formula is C12H14N2O7. The summed E-state index contributed by atoms with van der Waals surface area (Å²) in [6.07, 6.45) is 0.908. The molecule has 2 rings (SSSR count). The Morgan fingerprint density at radius 2 is 2.14 bits per heavy atom. The second-order valence-corrected chi connectivity index (χ2v) is 4.38. The lowest BCUT2D eigenvalue weighted by Gasteiger charge is -2.17. The molecule has 4 unspecified atom stereocenters. The zero-order chi connectivity index (χ0) is 15.6.